The maximum Gasteiger partial charge on any atom is 0.358 e. The Bertz CT molecular complexity index is 607. The molecule has 0 saturated carbocycles. The van der Waals surface area contributed by atoms with Crippen molar-refractivity contribution in [3.05, 3.63) is 30.1 Å². The van der Waals surface area contributed by atoms with Gasteiger partial charge in [0.05, 0.1) is 6.10 Å². The van der Waals surface area contributed by atoms with Gasteiger partial charge in [0.1, 0.15) is 5.75 Å². The number of ether oxygens (including phenoxy) is 1. The van der Waals surface area contributed by atoms with Gasteiger partial charge in [-0.3, -0.25) is 0 Å². The molecule has 2 N–H and O–H groups in total. The van der Waals surface area contributed by atoms with Crippen LogP contribution in [-0.4, -0.2) is 27.3 Å². The summed E-state index contributed by atoms with van der Waals surface area (Å²) < 4.78 is 5.51. The molecular weight excluding hydrogens is 234 g/mol. The first-order chi connectivity index (χ1) is 8.49. The van der Waals surface area contributed by atoms with E-state index in [1.807, 2.05) is 13.8 Å². The fraction of sp³-hybridized carbons (Fsp3) is 0.231. The number of carboxylic acids is 1. The van der Waals surface area contributed by atoms with Crippen LogP contribution in [0, 0.1) is 0 Å². The summed E-state index contributed by atoms with van der Waals surface area (Å²) in [7, 11) is 0. The van der Waals surface area contributed by atoms with Crippen molar-refractivity contribution in [3.63, 3.8) is 0 Å². The van der Waals surface area contributed by atoms with E-state index in [1.54, 1.807) is 18.2 Å². The number of aromatic nitrogens is 1. The Morgan fingerprint density at radius 1 is 1.39 bits per heavy atom. The van der Waals surface area contributed by atoms with E-state index in [9.17, 15) is 9.90 Å². The minimum absolute atomic E-state index is 0.0438. The monoisotopic (exact) mass is 247 g/mol. The average molecular weight is 247 g/mol. The van der Waals surface area contributed by atoms with Gasteiger partial charge in [0.2, 0.25) is 0 Å². The maximum atomic E-state index is 10.8. The molecule has 0 radical (unpaired) electrons. The molecule has 0 bridgehead atoms. The SMILES string of the molecule is CC(C)Oc1ccc2c(O)c(C(=O)O)ncc2c1. The van der Waals surface area contributed by atoms with E-state index in [2.05, 4.69) is 4.98 Å². The van der Waals surface area contributed by atoms with E-state index >= 15 is 0 Å². The molecule has 0 fully saturated rings. The predicted octanol–water partition coefficient (Wildman–Crippen LogP) is 2.43. The highest BCUT2D eigenvalue weighted by molar-refractivity contribution is 5.98. The summed E-state index contributed by atoms with van der Waals surface area (Å²) in [5.41, 5.74) is -0.347. The van der Waals surface area contributed by atoms with Gasteiger partial charge in [0.25, 0.3) is 0 Å². The van der Waals surface area contributed by atoms with Gasteiger partial charge in [-0.15, -0.1) is 0 Å². The Kier molecular flexibility index (Phi) is 3.06. The molecular formula is C13H13NO4. The molecule has 2 aromatic rings. The van der Waals surface area contributed by atoms with E-state index < -0.39 is 5.97 Å². The first-order valence-corrected chi connectivity index (χ1v) is 5.50. The standard InChI is InChI=1S/C13H13NO4/c1-7(2)18-9-3-4-10-8(5-9)6-14-11(12(10)15)13(16)17/h3-7,15H,1-2H3,(H,16,17). The Balaban J connectivity index is 2.54. The average Bonchev–Trinajstić information content (AvgIpc) is 2.27. The predicted molar refractivity (Wildman–Crippen MR) is 66.1 cm³/mol. The molecule has 0 atom stereocenters. The van der Waals surface area contributed by atoms with Crippen molar-refractivity contribution in [1.29, 1.82) is 0 Å². The normalized spacial score (nSPS) is 10.8. The van der Waals surface area contributed by atoms with Crippen LogP contribution >= 0.6 is 0 Å². The second-order valence-corrected chi connectivity index (χ2v) is 4.18. The molecule has 18 heavy (non-hydrogen) atoms. The largest absolute Gasteiger partial charge is 0.505 e. The van der Waals surface area contributed by atoms with E-state index in [4.69, 9.17) is 9.84 Å². The zero-order chi connectivity index (χ0) is 13.3. The van der Waals surface area contributed by atoms with Crippen LogP contribution in [0.15, 0.2) is 24.4 Å². The zero-order valence-corrected chi connectivity index (χ0v) is 10.0. The van der Waals surface area contributed by atoms with Gasteiger partial charge in [-0.05, 0) is 32.0 Å². The number of nitrogens with zero attached hydrogens (tertiary/aromatic N) is 1. The number of carbonyl (C=O) groups is 1. The molecule has 1 aromatic carbocycles. The van der Waals surface area contributed by atoms with Crippen molar-refractivity contribution in [2.45, 2.75) is 20.0 Å². The van der Waals surface area contributed by atoms with Crippen LogP contribution in [0.25, 0.3) is 10.8 Å². The molecule has 1 aromatic heterocycles. The third-order valence-electron chi connectivity index (χ3n) is 2.41. The zero-order valence-electron chi connectivity index (χ0n) is 10.0. The van der Waals surface area contributed by atoms with Gasteiger partial charge >= 0.3 is 5.97 Å². The lowest BCUT2D eigenvalue weighted by molar-refractivity contribution is 0.0687. The summed E-state index contributed by atoms with van der Waals surface area (Å²) in [4.78, 5) is 14.6. The quantitative estimate of drug-likeness (QED) is 0.870. The number of carboxylic acid groups (broad SMARTS) is 1. The molecule has 0 unspecified atom stereocenters. The summed E-state index contributed by atoms with van der Waals surface area (Å²) in [5.74, 6) is -0.922. The number of rotatable bonds is 3. The van der Waals surface area contributed by atoms with Gasteiger partial charge in [-0.1, -0.05) is 0 Å². The Labute approximate surface area is 104 Å². The fourth-order valence-electron chi connectivity index (χ4n) is 1.69. The van der Waals surface area contributed by atoms with Crippen molar-refractivity contribution in [3.8, 4) is 11.5 Å². The van der Waals surface area contributed by atoms with Crippen LogP contribution in [0.2, 0.25) is 0 Å². The lowest BCUT2D eigenvalue weighted by Crippen LogP contribution is -2.05. The third kappa shape index (κ3) is 2.20. The van der Waals surface area contributed by atoms with Gasteiger partial charge < -0.3 is 14.9 Å². The minimum Gasteiger partial charge on any atom is -0.505 e. The topological polar surface area (TPSA) is 79.7 Å². The number of benzene rings is 1. The highest BCUT2D eigenvalue weighted by atomic mass is 16.5. The van der Waals surface area contributed by atoms with Crippen molar-refractivity contribution >= 4 is 16.7 Å². The fourth-order valence-corrected chi connectivity index (χ4v) is 1.69. The Morgan fingerprint density at radius 3 is 2.72 bits per heavy atom. The second-order valence-electron chi connectivity index (χ2n) is 4.18. The van der Waals surface area contributed by atoms with Gasteiger partial charge in [-0.25, -0.2) is 9.78 Å². The Hall–Kier alpha value is -2.30. The number of hydrogen-bond donors (Lipinski definition) is 2. The third-order valence-corrected chi connectivity index (χ3v) is 2.41. The first kappa shape index (κ1) is 12.2. The molecule has 5 heteroatoms. The summed E-state index contributed by atoms with van der Waals surface area (Å²) in [6.45, 7) is 3.82. The second kappa shape index (κ2) is 4.52. The van der Waals surface area contributed by atoms with Crippen LogP contribution in [0.5, 0.6) is 11.5 Å². The summed E-state index contributed by atoms with van der Waals surface area (Å²) in [6.07, 6.45) is 1.45. The Morgan fingerprint density at radius 2 is 2.11 bits per heavy atom. The number of fused-ring (bicyclic) bond motifs is 1. The smallest absolute Gasteiger partial charge is 0.358 e. The van der Waals surface area contributed by atoms with E-state index in [1.165, 1.54) is 6.20 Å². The van der Waals surface area contributed by atoms with Crippen LogP contribution in [0.1, 0.15) is 24.3 Å². The van der Waals surface area contributed by atoms with E-state index in [0.717, 1.165) is 0 Å². The van der Waals surface area contributed by atoms with Crippen LogP contribution < -0.4 is 4.74 Å². The lowest BCUT2D eigenvalue weighted by atomic mass is 10.1. The lowest BCUT2D eigenvalue weighted by Gasteiger charge is -2.11. The minimum atomic E-state index is -1.25. The number of aromatic hydroxyl groups is 1. The molecule has 0 aliphatic carbocycles. The summed E-state index contributed by atoms with van der Waals surface area (Å²) >= 11 is 0. The van der Waals surface area contributed by atoms with Gasteiger partial charge in [0.15, 0.2) is 11.4 Å². The molecule has 5 nitrogen and oxygen atoms in total. The van der Waals surface area contributed by atoms with Crippen molar-refractivity contribution in [2.24, 2.45) is 0 Å². The first-order valence-electron chi connectivity index (χ1n) is 5.50. The van der Waals surface area contributed by atoms with Crippen LogP contribution in [0.3, 0.4) is 0 Å². The molecule has 2 rings (SSSR count). The van der Waals surface area contributed by atoms with Crippen molar-refractivity contribution < 1.29 is 19.7 Å². The van der Waals surface area contributed by atoms with Gasteiger partial charge in [0, 0.05) is 17.0 Å². The molecule has 0 aliphatic rings. The number of aromatic carboxylic acids is 1. The van der Waals surface area contributed by atoms with Gasteiger partial charge in [-0.2, -0.15) is 0 Å². The van der Waals surface area contributed by atoms with Crippen molar-refractivity contribution in [2.75, 3.05) is 0 Å². The molecule has 0 aliphatic heterocycles. The van der Waals surface area contributed by atoms with E-state index in [-0.39, 0.29) is 17.5 Å². The molecule has 0 spiro atoms. The summed E-state index contributed by atoms with van der Waals surface area (Å²) in [6, 6.07) is 5.03. The highest BCUT2D eigenvalue weighted by Crippen LogP contribution is 2.29. The molecule has 94 valence electrons. The highest BCUT2D eigenvalue weighted by Gasteiger charge is 2.14. The maximum absolute atomic E-state index is 10.8. The van der Waals surface area contributed by atoms with E-state index in [0.29, 0.717) is 16.5 Å². The molecule has 0 saturated heterocycles. The summed E-state index contributed by atoms with van der Waals surface area (Å²) in [5, 5.41) is 19.7. The molecule has 1 heterocycles. The van der Waals surface area contributed by atoms with Crippen LogP contribution in [0.4, 0.5) is 0 Å². The molecule has 0 amide bonds. The number of pyridine rings is 1. The number of hydrogen-bond acceptors (Lipinski definition) is 4. The van der Waals surface area contributed by atoms with Crippen LogP contribution in [-0.2, 0) is 0 Å². The van der Waals surface area contributed by atoms with Crippen molar-refractivity contribution in [1.82, 2.24) is 4.98 Å².